The monoisotopic (exact) mass is 454 g/mol. The van der Waals surface area contributed by atoms with Gasteiger partial charge in [0.25, 0.3) is 5.91 Å². The van der Waals surface area contributed by atoms with Crippen molar-refractivity contribution in [2.45, 2.75) is 20.8 Å². The minimum atomic E-state index is -0.712. The number of amides is 2. The van der Waals surface area contributed by atoms with E-state index in [1.807, 2.05) is 57.2 Å². The van der Waals surface area contributed by atoms with Crippen LogP contribution in [0.3, 0.4) is 0 Å². The molecule has 33 heavy (non-hydrogen) atoms. The van der Waals surface area contributed by atoms with Gasteiger partial charge in [0, 0.05) is 12.7 Å². The molecule has 2 rings (SSSR count). The van der Waals surface area contributed by atoms with Crippen LogP contribution in [-0.4, -0.2) is 56.6 Å². The van der Waals surface area contributed by atoms with E-state index in [0.29, 0.717) is 11.5 Å². The van der Waals surface area contributed by atoms with Gasteiger partial charge in [-0.05, 0) is 49.6 Å². The summed E-state index contributed by atoms with van der Waals surface area (Å²) < 4.78 is 15.7. The lowest BCUT2D eigenvalue weighted by Gasteiger charge is -2.18. The molecule has 0 saturated carbocycles. The molecular formula is C25H30N2O6. The van der Waals surface area contributed by atoms with Gasteiger partial charge in [-0.3, -0.25) is 9.59 Å². The first kappa shape index (κ1) is 25.5. The number of ether oxygens (including phenoxy) is 3. The van der Waals surface area contributed by atoms with Crippen LogP contribution >= 0.6 is 0 Å². The van der Waals surface area contributed by atoms with Gasteiger partial charge in [-0.2, -0.15) is 0 Å². The smallest absolute Gasteiger partial charge is 0.344 e. The molecule has 0 bridgehead atoms. The van der Waals surface area contributed by atoms with Gasteiger partial charge in [-0.15, -0.1) is 0 Å². The molecule has 8 heteroatoms. The number of para-hydroxylation sites is 1. The van der Waals surface area contributed by atoms with Gasteiger partial charge < -0.3 is 24.4 Å². The summed E-state index contributed by atoms with van der Waals surface area (Å²) in [5.41, 5.74) is 3.51. The molecule has 2 aromatic carbocycles. The number of rotatable bonds is 10. The number of allylic oxidation sites excluding steroid dienone is 1. The number of esters is 1. The lowest BCUT2D eigenvalue weighted by atomic mass is 10.1. The second-order valence-corrected chi connectivity index (χ2v) is 7.42. The highest BCUT2D eigenvalue weighted by Crippen LogP contribution is 2.28. The molecule has 176 valence electrons. The molecule has 2 amide bonds. The lowest BCUT2D eigenvalue weighted by molar-refractivity contribution is -0.153. The first-order valence-electron chi connectivity index (χ1n) is 10.4. The molecule has 8 nitrogen and oxygen atoms in total. The fourth-order valence-corrected chi connectivity index (χ4v) is 3.02. The maximum Gasteiger partial charge on any atom is 0.344 e. The summed E-state index contributed by atoms with van der Waals surface area (Å²) in [6.07, 6.45) is 3.80. The van der Waals surface area contributed by atoms with Gasteiger partial charge in [0.15, 0.2) is 24.7 Å². The van der Waals surface area contributed by atoms with E-state index in [1.165, 1.54) is 19.1 Å². The van der Waals surface area contributed by atoms with Crippen molar-refractivity contribution in [2.75, 3.05) is 39.2 Å². The van der Waals surface area contributed by atoms with Crippen LogP contribution in [-0.2, 0) is 19.1 Å². The molecule has 0 aliphatic carbocycles. The van der Waals surface area contributed by atoms with E-state index >= 15 is 0 Å². The average molecular weight is 455 g/mol. The zero-order valence-electron chi connectivity index (χ0n) is 19.6. The molecular weight excluding hydrogens is 424 g/mol. The number of benzene rings is 2. The van der Waals surface area contributed by atoms with Crippen LogP contribution in [0.2, 0.25) is 0 Å². The third-order valence-electron chi connectivity index (χ3n) is 4.80. The molecule has 0 atom stereocenters. The summed E-state index contributed by atoms with van der Waals surface area (Å²) in [6.45, 7) is 4.64. The Labute approximate surface area is 194 Å². The highest BCUT2D eigenvalue weighted by atomic mass is 16.6. The van der Waals surface area contributed by atoms with Crippen LogP contribution < -0.4 is 14.8 Å². The van der Waals surface area contributed by atoms with Crippen LogP contribution in [0, 0.1) is 13.8 Å². The van der Waals surface area contributed by atoms with Crippen molar-refractivity contribution in [3.05, 3.63) is 59.2 Å². The number of carbonyl (C=O) groups excluding carboxylic acids is 3. The van der Waals surface area contributed by atoms with Gasteiger partial charge in [0.2, 0.25) is 5.91 Å². The zero-order valence-corrected chi connectivity index (χ0v) is 19.6. The Morgan fingerprint density at radius 2 is 1.73 bits per heavy atom. The van der Waals surface area contributed by atoms with Gasteiger partial charge >= 0.3 is 5.97 Å². The molecule has 1 N–H and O–H groups in total. The Hall–Kier alpha value is -3.81. The molecule has 0 aromatic heterocycles. The minimum absolute atomic E-state index is 0.170. The predicted molar refractivity (Wildman–Crippen MR) is 126 cm³/mol. The molecule has 0 aliphatic rings. The van der Waals surface area contributed by atoms with Crippen LogP contribution in [0.15, 0.2) is 42.5 Å². The first-order valence-corrected chi connectivity index (χ1v) is 10.4. The Morgan fingerprint density at radius 1 is 1.03 bits per heavy atom. The van der Waals surface area contributed by atoms with Gasteiger partial charge in [-0.25, -0.2) is 4.79 Å². The van der Waals surface area contributed by atoms with Crippen molar-refractivity contribution >= 4 is 29.5 Å². The van der Waals surface area contributed by atoms with Crippen LogP contribution in [0.5, 0.6) is 11.5 Å². The van der Waals surface area contributed by atoms with E-state index in [9.17, 15) is 14.4 Å². The maximum atomic E-state index is 12.3. The number of carbonyl (C=O) groups is 3. The molecule has 2 aromatic rings. The zero-order chi connectivity index (χ0) is 24.4. The van der Waals surface area contributed by atoms with Crippen LogP contribution in [0.4, 0.5) is 5.69 Å². The summed E-state index contributed by atoms with van der Waals surface area (Å²) in [5, 5.41) is 2.81. The molecule has 0 unspecified atom stereocenters. The minimum Gasteiger partial charge on any atom is -0.493 e. The predicted octanol–water partition coefficient (Wildman–Crippen LogP) is 3.36. The van der Waals surface area contributed by atoms with Crippen LogP contribution in [0.1, 0.15) is 23.6 Å². The third-order valence-corrected chi connectivity index (χ3v) is 4.80. The first-order chi connectivity index (χ1) is 15.7. The second-order valence-electron chi connectivity index (χ2n) is 7.42. The Kier molecular flexibility index (Phi) is 9.47. The Morgan fingerprint density at radius 3 is 2.36 bits per heavy atom. The Bertz CT molecular complexity index is 1010. The van der Waals surface area contributed by atoms with Crippen molar-refractivity contribution in [1.82, 2.24) is 4.90 Å². The van der Waals surface area contributed by atoms with E-state index in [-0.39, 0.29) is 19.1 Å². The number of methoxy groups -OCH3 is 1. The van der Waals surface area contributed by atoms with Gasteiger partial charge in [0.1, 0.15) is 0 Å². The largest absolute Gasteiger partial charge is 0.493 e. The number of hydrogen-bond acceptors (Lipinski definition) is 6. The van der Waals surface area contributed by atoms with Gasteiger partial charge in [0.05, 0.1) is 13.7 Å². The number of hydrogen-bond donors (Lipinski definition) is 1. The number of anilines is 1. The van der Waals surface area contributed by atoms with Crippen molar-refractivity contribution < 1.29 is 28.6 Å². The van der Waals surface area contributed by atoms with Crippen LogP contribution in [0.25, 0.3) is 6.08 Å². The Balaban J connectivity index is 1.80. The molecule has 0 saturated heterocycles. The van der Waals surface area contributed by atoms with E-state index in [4.69, 9.17) is 14.2 Å². The van der Waals surface area contributed by atoms with Crippen molar-refractivity contribution in [3.63, 3.8) is 0 Å². The fourth-order valence-electron chi connectivity index (χ4n) is 3.02. The topological polar surface area (TPSA) is 94.2 Å². The lowest BCUT2D eigenvalue weighted by Crippen LogP contribution is -2.38. The van der Waals surface area contributed by atoms with E-state index < -0.39 is 18.5 Å². The fraction of sp³-hybridized carbons (Fsp3) is 0.320. The van der Waals surface area contributed by atoms with E-state index in [1.54, 1.807) is 12.1 Å². The van der Waals surface area contributed by atoms with Crippen molar-refractivity contribution in [3.8, 4) is 11.5 Å². The van der Waals surface area contributed by atoms with Crippen molar-refractivity contribution in [2.24, 2.45) is 0 Å². The number of nitrogens with one attached hydrogen (secondary N) is 1. The molecule has 0 heterocycles. The number of nitrogens with zero attached hydrogens (tertiary/aromatic N) is 1. The van der Waals surface area contributed by atoms with E-state index in [2.05, 4.69) is 5.32 Å². The average Bonchev–Trinajstić information content (AvgIpc) is 2.79. The summed E-state index contributed by atoms with van der Waals surface area (Å²) >= 11 is 0. The van der Waals surface area contributed by atoms with Crippen molar-refractivity contribution in [1.29, 1.82) is 0 Å². The highest BCUT2D eigenvalue weighted by Gasteiger charge is 2.17. The molecule has 0 fully saturated rings. The SMILES string of the molecule is C/C=C/c1ccc(OCC(=O)OCC(=O)N(C)CC(=O)Nc2c(C)cccc2C)c(OC)c1. The normalized spacial score (nSPS) is 10.6. The standard InChI is InChI=1S/C25H30N2O6/c1-6-8-19-11-12-20(21(13-19)31-5)32-16-24(30)33-15-23(29)27(4)14-22(28)26-25-17(2)9-7-10-18(25)3/h6-13H,14-16H2,1-5H3,(H,26,28)/b8-6+. The van der Waals surface area contributed by atoms with E-state index in [0.717, 1.165) is 22.4 Å². The summed E-state index contributed by atoms with van der Waals surface area (Å²) in [4.78, 5) is 37.7. The third kappa shape index (κ3) is 7.68. The maximum absolute atomic E-state index is 12.3. The summed E-state index contributed by atoms with van der Waals surface area (Å²) in [5.74, 6) is -0.700. The molecule has 0 spiro atoms. The second kappa shape index (κ2) is 12.3. The highest BCUT2D eigenvalue weighted by molar-refractivity contribution is 5.96. The number of aryl methyl sites for hydroxylation is 2. The van der Waals surface area contributed by atoms with Gasteiger partial charge in [-0.1, -0.05) is 36.4 Å². The number of likely N-dealkylation sites (N-methyl/N-ethyl adjacent to an activating group) is 1. The summed E-state index contributed by atoms with van der Waals surface area (Å²) in [7, 11) is 2.97. The quantitative estimate of drug-likeness (QED) is 0.553. The summed E-state index contributed by atoms with van der Waals surface area (Å²) in [6, 6.07) is 11.0. The molecule has 0 radical (unpaired) electrons. The molecule has 0 aliphatic heterocycles.